The summed E-state index contributed by atoms with van der Waals surface area (Å²) >= 11 is 0. The lowest BCUT2D eigenvalue weighted by Crippen LogP contribution is -2.38. The Balaban J connectivity index is 2.02. The average molecular weight is 442 g/mol. The molecule has 0 saturated carbocycles. The first-order valence-corrected chi connectivity index (χ1v) is 11.4. The number of carboxylic acids is 1. The maximum atomic E-state index is 12.5. The van der Waals surface area contributed by atoms with E-state index in [2.05, 4.69) is 17.2 Å². The Kier molecular flexibility index (Phi) is 10.7. The van der Waals surface area contributed by atoms with Crippen molar-refractivity contribution in [2.24, 2.45) is 0 Å². The van der Waals surface area contributed by atoms with Crippen LogP contribution in [0.25, 0.3) is 11.1 Å². The predicted molar refractivity (Wildman–Crippen MR) is 127 cm³/mol. The summed E-state index contributed by atoms with van der Waals surface area (Å²) in [5, 5.41) is 12.1. The number of benzene rings is 1. The van der Waals surface area contributed by atoms with Gasteiger partial charge in [-0.15, -0.1) is 0 Å². The van der Waals surface area contributed by atoms with Crippen molar-refractivity contribution < 1.29 is 19.4 Å². The van der Waals surface area contributed by atoms with E-state index in [4.69, 9.17) is 9.84 Å². The van der Waals surface area contributed by atoms with E-state index in [-0.39, 0.29) is 12.5 Å². The number of aromatic nitrogens is 1. The summed E-state index contributed by atoms with van der Waals surface area (Å²) in [5.74, 6) is -0.332. The Morgan fingerprint density at radius 2 is 1.78 bits per heavy atom. The Hall–Kier alpha value is -2.93. The average Bonchev–Trinajstić information content (AvgIpc) is 2.80. The fourth-order valence-corrected chi connectivity index (χ4v) is 3.45. The second kappa shape index (κ2) is 13.5. The van der Waals surface area contributed by atoms with Crippen molar-refractivity contribution in [3.05, 3.63) is 48.2 Å². The summed E-state index contributed by atoms with van der Waals surface area (Å²) in [5.41, 5.74) is 2.70. The van der Waals surface area contributed by atoms with Crippen molar-refractivity contribution in [2.75, 3.05) is 25.1 Å². The molecule has 0 spiro atoms. The van der Waals surface area contributed by atoms with Gasteiger partial charge in [-0.3, -0.25) is 9.69 Å². The van der Waals surface area contributed by atoms with Gasteiger partial charge < -0.3 is 15.2 Å². The van der Waals surface area contributed by atoms with Crippen LogP contribution in [-0.4, -0.2) is 42.3 Å². The lowest BCUT2D eigenvalue weighted by molar-refractivity contribution is -0.140. The zero-order chi connectivity index (χ0) is 23.3. The third-order valence-corrected chi connectivity index (χ3v) is 5.29. The Morgan fingerprint density at radius 1 is 1.06 bits per heavy atom. The molecular weight excluding hydrogens is 406 g/mol. The van der Waals surface area contributed by atoms with Gasteiger partial charge in [-0.1, -0.05) is 56.9 Å². The Morgan fingerprint density at radius 3 is 2.44 bits per heavy atom. The summed E-state index contributed by atoms with van der Waals surface area (Å²) in [4.78, 5) is 29.4. The molecule has 0 aliphatic rings. The highest BCUT2D eigenvalue weighted by Gasteiger charge is 2.16. The molecule has 1 atom stereocenters. The molecule has 174 valence electrons. The topological polar surface area (TPSA) is 91.8 Å². The van der Waals surface area contributed by atoms with Gasteiger partial charge in [-0.05, 0) is 42.2 Å². The fraction of sp³-hybridized carbons (Fsp3) is 0.480. The molecule has 0 bridgehead atoms. The quantitative estimate of drug-likeness (QED) is 0.405. The molecule has 0 fully saturated rings. The van der Waals surface area contributed by atoms with Gasteiger partial charge in [0, 0.05) is 26.4 Å². The van der Waals surface area contributed by atoms with Gasteiger partial charge >= 0.3 is 12.0 Å². The smallest absolute Gasteiger partial charge is 0.322 e. The second-order valence-electron chi connectivity index (χ2n) is 7.77. The van der Waals surface area contributed by atoms with Crippen molar-refractivity contribution in [1.82, 2.24) is 10.3 Å². The van der Waals surface area contributed by atoms with Crippen LogP contribution in [-0.2, 0) is 9.53 Å². The highest BCUT2D eigenvalue weighted by Crippen LogP contribution is 2.27. The normalized spacial score (nSPS) is 11.7. The monoisotopic (exact) mass is 441 g/mol. The fourth-order valence-electron chi connectivity index (χ4n) is 3.45. The molecule has 2 N–H and O–H groups in total. The molecule has 0 aliphatic carbocycles. The molecule has 32 heavy (non-hydrogen) atoms. The summed E-state index contributed by atoms with van der Waals surface area (Å²) in [6, 6.07) is 11.2. The summed E-state index contributed by atoms with van der Waals surface area (Å²) in [7, 11) is 1.71. The zero-order valence-corrected chi connectivity index (χ0v) is 19.3. The number of hydrogen-bond donors (Lipinski definition) is 2. The molecule has 0 saturated heterocycles. The van der Waals surface area contributed by atoms with Crippen LogP contribution in [0.4, 0.5) is 10.6 Å². The summed E-state index contributed by atoms with van der Waals surface area (Å²) < 4.78 is 5.58. The minimum atomic E-state index is -0.895. The summed E-state index contributed by atoms with van der Waals surface area (Å²) in [6.07, 6.45) is 6.86. The van der Waals surface area contributed by atoms with Crippen molar-refractivity contribution in [3.8, 4) is 11.1 Å². The molecule has 1 aromatic carbocycles. The number of unbranched alkanes of at least 4 members (excludes halogenated alkanes) is 4. The second-order valence-corrected chi connectivity index (χ2v) is 7.77. The van der Waals surface area contributed by atoms with E-state index in [1.54, 1.807) is 13.2 Å². The number of carboxylic acid groups (broad SMARTS) is 1. The van der Waals surface area contributed by atoms with E-state index in [0.717, 1.165) is 29.5 Å². The van der Waals surface area contributed by atoms with Crippen LogP contribution in [0.5, 0.6) is 0 Å². The van der Waals surface area contributed by atoms with Crippen LogP contribution >= 0.6 is 0 Å². The van der Waals surface area contributed by atoms with Gasteiger partial charge in [0.2, 0.25) is 0 Å². The molecular formula is C25H35N3O4. The van der Waals surface area contributed by atoms with E-state index < -0.39 is 12.1 Å². The molecule has 0 aliphatic heterocycles. The Bertz CT molecular complexity index is 855. The number of urea groups is 1. The molecule has 1 heterocycles. The lowest BCUT2D eigenvalue weighted by atomic mass is 10.0. The minimum Gasteiger partial charge on any atom is -0.481 e. The molecule has 1 aromatic heterocycles. The molecule has 7 heteroatoms. The SMILES string of the molecule is CCCCCCCNC(=O)N(C)c1cc(-c2ccc([C@H](CC(=O)O)OCC)cc2)ccn1. The van der Waals surface area contributed by atoms with Crippen molar-refractivity contribution in [1.29, 1.82) is 0 Å². The third kappa shape index (κ3) is 7.96. The van der Waals surface area contributed by atoms with Gasteiger partial charge in [0.05, 0.1) is 12.5 Å². The lowest BCUT2D eigenvalue weighted by Gasteiger charge is -2.18. The van der Waals surface area contributed by atoms with Gasteiger partial charge in [0.25, 0.3) is 0 Å². The van der Waals surface area contributed by atoms with Crippen LogP contribution in [0.2, 0.25) is 0 Å². The van der Waals surface area contributed by atoms with Crippen molar-refractivity contribution in [2.45, 2.75) is 58.5 Å². The highest BCUT2D eigenvalue weighted by atomic mass is 16.5. The number of nitrogens with zero attached hydrogens (tertiary/aromatic N) is 2. The van der Waals surface area contributed by atoms with Crippen LogP contribution in [0.1, 0.15) is 64.0 Å². The molecule has 2 rings (SSSR count). The van der Waals surface area contributed by atoms with E-state index in [1.165, 1.54) is 24.2 Å². The first kappa shape index (κ1) is 25.3. The van der Waals surface area contributed by atoms with Crippen LogP contribution < -0.4 is 10.2 Å². The van der Waals surface area contributed by atoms with Crippen LogP contribution in [0.15, 0.2) is 42.6 Å². The van der Waals surface area contributed by atoms with Crippen molar-refractivity contribution in [3.63, 3.8) is 0 Å². The number of carbonyl (C=O) groups is 2. The number of ether oxygens (including phenoxy) is 1. The van der Waals surface area contributed by atoms with E-state index in [1.807, 2.05) is 43.3 Å². The van der Waals surface area contributed by atoms with Crippen LogP contribution in [0, 0.1) is 0 Å². The summed E-state index contributed by atoms with van der Waals surface area (Å²) in [6.45, 7) is 5.13. The van der Waals surface area contributed by atoms with Crippen LogP contribution in [0.3, 0.4) is 0 Å². The molecule has 2 aromatic rings. The minimum absolute atomic E-state index is 0.0783. The largest absolute Gasteiger partial charge is 0.481 e. The van der Waals surface area contributed by atoms with Gasteiger partial charge in [0.15, 0.2) is 0 Å². The zero-order valence-electron chi connectivity index (χ0n) is 19.3. The predicted octanol–water partition coefficient (Wildman–Crippen LogP) is 5.42. The highest BCUT2D eigenvalue weighted by molar-refractivity contribution is 5.91. The number of rotatable bonds is 13. The number of carbonyl (C=O) groups excluding carboxylic acids is 1. The number of nitrogens with one attached hydrogen (secondary N) is 1. The number of aliphatic carboxylic acids is 1. The molecule has 2 amide bonds. The van der Waals surface area contributed by atoms with Gasteiger partial charge in [-0.25, -0.2) is 9.78 Å². The van der Waals surface area contributed by atoms with Crippen molar-refractivity contribution >= 4 is 17.8 Å². The molecule has 7 nitrogen and oxygen atoms in total. The van der Waals surface area contributed by atoms with E-state index >= 15 is 0 Å². The maximum Gasteiger partial charge on any atom is 0.322 e. The number of amides is 2. The maximum absolute atomic E-state index is 12.5. The Labute approximate surface area is 190 Å². The number of hydrogen-bond acceptors (Lipinski definition) is 4. The number of pyridine rings is 1. The third-order valence-electron chi connectivity index (χ3n) is 5.29. The first-order chi connectivity index (χ1) is 15.5. The standard InChI is InChI=1S/C25H35N3O4/c1-4-6-7-8-9-15-27-25(31)28(3)23-17-21(14-16-26-23)19-10-12-20(13-11-19)22(32-5-2)18-24(29)30/h10-14,16-17,22H,4-9,15,18H2,1-3H3,(H,27,31)(H,29,30)/t22-/m0/s1. The van der Waals surface area contributed by atoms with E-state index in [0.29, 0.717) is 19.0 Å². The molecule has 0 radical (unpaired) electrons. The van der Waals surface area contributed by atoms with E-state index in [9.17, 15) is 9.59 Å². The molecule has 0 unspecified atom stereocenters. The first-order valence-electron chi connectivity index (χ1n) is 11.4. The van der Waals surface area contributed by atoms with Gasteiger partial charge in [-0.2, -0.15) is 0 Å². The van der Waals surface area contributed by atoms with Gasteiger partial charge in [0.1, 0.15) is 5.82 Å². The number of anilines is 1.